The van der Waals surface area contributed by atoms with Crippen LogP contribution in [-0.2, 0) is 0 Å². The number of rotatable bonds is 2. The molecule has 3 rings (SSSR count). The summed E-state index contributed by atoms with van der Waals surface area (Å²) in [5.74, 6) is 0. The largest absolute Gasteiger partial charge is 0.371 e. The van der Waals surface area contributed by atoms with Crippen LogP contribution in [-0.4, -0.2) is 39.8 Å². The summed E-state index contributed by atoms with van der Waals surface area (Å²) >= 11 is 6.18. The molecule has 3 nitrogen and oxygen atoms in total. The molecule has 2 aliphatic rings. The number of fused-ring (bicyclic) bond motifs is 1. The summed E-state index contributed by atoms with van der Waals surface area (Å²) < 4.78 is 0. The normalized spacial score (nSPS) is 25.4. The fraction of sp³-hybridized carbons (Fsp3) is 0.600. The highest BCUT2D eigenvalue weighted by atomic mass is 35.5. The van der Waals surface area contributed by atoms with Crippen LogP contribution in [0.25, 0.3) is 0 Å². The van der Waals surface area contributed by atoms with Gasteiger partial charge in [-0.15, -0.1) is 12.4 Å². The minimum atomic E-state index is 0. The molecule has 112 valence electrons. The summed E-state index contributed by atoms with van der Waals surface area (Å²) in [5.41, 5.74) is 2.97. The summed E-state index contributed by atoms with van der Waals surface area (Å²) in [6.07, 6.45) is 1.26. The average Bonchev–Trinajstić information content (AvgIpc) is 2.80. The fourth-order valence-corrected chi connectivity index (χ4v) is 3.38. The monoisotopic (exact) mass is 315 g/mol. The first-order valence-corrected chi connectivity index (χ1v) is 7.42. The zero-order valence-corrected chi connectivity index (χ0v) is 13.7. The van der Waals surface area contributed by atoms with Gasteiger partial charge in [0.1, 0.15) is 0 Å². The Bertz CT molecular complexity index is 472. The van der Waals surface area contributed by atoms with Gasteiger partial charge in [0, 0.05) is 38.2 Å². The number of likely N-dealkylation sites (N-methyl/N-ethyl adjacent to an activating group) is 1. The van der Waals surface area contributed by atoms with Crippen molar-refractivity contribution in [2.45, 2.75) is 13.3 Å². The van der Waals surface area contributed by atoms with E-state index in [1.807, 2.05) is 6.07 Å². The van der Waals surface area contributed by atoms with Crippen LogP contribution < -0.4 is 15.1 Å². The van der Waals surface area contributed by atoms with Crippen molar-refractivity contribution in [2.75, 3.05) is 49.6 Å². The van der Waals surface area contributed by atoms with E-state index in [1.54, 1.807) is 0 Å². The lowest BCUT2D eigenvalue weighted by Gasteiger charge is -2.41. The molecule has 0 amide bonds. The lowest BCUT2D eigenvalue weighted by atomic mass is 9.88. The van der Waals surface area contributed by atoms with Crippen LogP contribution in [0.15, 0.2) is 18.2 Å². The van der Waals surface area contributed by atoms with Crippen molar-refractivity contribution in [1.29, 1.82) is 0 Å². The molecule has 1 unspecified atom stereocenters. The molecule has 0 radical (unpaired) electrons. The first-order chi connectivity index (χ1) is 9.07. The zero-order chi connectivity index (χ0) is 13.5. The summed E-state index contributed by atoms with van der Waals surface area (Å²) in [6, 6.07) is 6.23. The third-order valence-electron chi connectivity index (χ3n) is 4.42. The number of hydrogen-bond acceptors (Lipinski definition) is 3. The van der Waals surface area contributed by atoms with Crippen molar-refractivity contribution in [3.05, 3.63) is 23.2 Å². The number of nitrogens with one attached hydrogen (secondary N) is 1. The number of anilines is 2. The smallest absolute Gasteiger partial charge is 0.0619 e. The molecular formula is C15H23Cl2N3. The first-order valence-electron chi connectivity index (χ1n) is 7.04. The van der Waals surface area contributed by atoms with Gasteiger partial charge < -0.3 is 15.1 Å². The minimum Gasteiger partial charge on any atom is -0.371 e. The highest BCUT2D eigenvalue weighted by Gasteiger charge is 2.32. The minimum absolute atomic E-state index is 0. The first kappa shape index (κ1) is 15.7. The van der Waals surface area contributed by atoms with E-state index in [4.69, 9.17) is 11.6 Å². The van der Waals surface area contributed by atoms with Crippen LogP contribution in [0, 0.1) is 5.41 Å². The van der Waals surface area contributed by atoms with E-state index in [0.29, 0.717) is 5.41 Å². The molecule has 1 saturated heterocycles. The van der Waals surface area contributed by atoms with Crippen LogP contribution in [0.4, 0.5) is 11.4 Å². The second kappa shape index (κ2) is 6.00. The van der Waals surface area contributed by atoms with Gasteiger partial charge in [0.25, 0.3) is 0 Å². The Morgan fingerprint density at radius 2 is 2.10 bits per heavy atom. The maximum atomic E-state index is 6.18. The molecule has 0 spiro atoms. The molecule has 1 aromatic carbocycles. The lowest BCUT2D eigenvalue weighted by Crippen LogP contribution is -2.44. The maximum absolute atomic E-state index is 6.18. The number of hydrogen-bond donors (Lipinski definition) is 1. The van der Waals surface area contributed by atoms with Gasteiger partial charge in [0.15, 0.2) is 0 Å². The molecule has 2 heterocycles. The number of nitrogens with zero attached hydrogens (tertiary/aromatic N) is 2. The van der Waals surface area contributed by atoms with Crippen LogP contribution >= 0.6 is 24.0 Å². The molecule has 0 aromatic heterocycles. The molecule has 1 fully saturated rings. The van der Waals surface area contributed by atoms with E-state index in [1.165, 1.54) is 17.8 Å². The predicted octanol–water partition coefficient (Wildman–Crippen LogP) is 3.02. The topological polar surface area (TPSA) is 18.5 Å². The van der Waals surface area contributed by atoms with Gasteiger partial charge in [0.05, 0.1) is 11.4 Å². The van der Waals surface area contributed by atoms with Gasteiger partial charge in [-0.3, -0.25) is 0 Å². The summed E-state index contributed by atoms with van der Waals surface area (Å²) in [5, 5.41) is 4.31. The van der Waals surface area contributed by atoms with Crippen LogP contribution in [0.1, 0.15) is 13.3 Å². The Morgan fingerprint density at radius 1 is 1.30 bits per heavy atom. The second-order valence-corrected chi connectivity index (χ2v) is 6.65. The van der Waals surface area contributed by atoms with Crippen LogP contribution in [0.2, 0.25) is 5.02 Å². The van der Waals surface area contributed by atoms with Crippen molar-refractivity contribution in [1.82, 2.24) is 5.32 Å². The van der Waals surface area contributed by atoms with Crippen LogP contribution in [0.3, 0.4) is 0 Å². The van der Waals surface area contributed by atoms with E-state index < -0.39 is 0 Å². The van der Waals surface area contributed by atoms with Gasteiger partial charge >= 0.3 is 0 Å². The molecule has 1 aromatic rings. The van der Waals surface area contributed by atoms with E-state index in [0.717, 1.165) is 37.7 Å². The SMILES string of the molecule is CN1CCN(CC2(C)CCNC2)c2cc(Cl)ccc21.Cl. The molecule has 0 saturated carbocycles. The van der Waals surface area contributed by atoms with Crippen molar-refractivity contribution in [2.24, 2.45) is 5.41 Å². The number of benzene rings is 1. The predicted molar refractivity (Wildman–Crippen MR) is 89.8 cm³/mol. The third-order valence-corrected chi connectivity index (χ3v) is 4.66. The Morgan fingerprint density at radius 3 is 2.80 bits per heavy atom. The molecule has 1 N–H and O–H groups in total. The molecule has 0 aliphatic carbocycles. The quantitative estimate of drug-likeness (QED) is 0.905. The molecule has 0 bridgehead atoms. The van der Waals surface area contributed by atoms with Crippen molar-refractivity contribution in [3.8, 4) is 0 Å². The molecule has 2 aliphatic heterocycles. The molecule has 5 heteroatoms. The third kappa shape index (κ3) is 3.00. The molecular weight excluding hydrogens is 293 g/mol. The van der Waals surface area contributed by atoms with Crippen molar-refractivity contribution < 1.29 is 0 Å². The van der Waals surface area contributed by atoms with E-state index in [2.05, 4.69) is 41.2 Å². The average molecular weight is 316 g/mol. The van der Waals surface area contributed by atoms with E-state index in [-0.39, 0.29) is 12.4 Å². The van der Waals surface area contributed by atoms with Gasteiger partial charge in [0.2, 0.25) is 0 Å². The summed E-state index contributed by atoms with van der Waals surface area (Å²) in [4.78, 5) is 4.83. The maximum Gasteiger partial charge on any atom is 0.0619 e. The standard InChI is InChI=1S/C15H22ClN3.ClH/c1-15(5-6-17-10-15)11-19-8-7-18(2)13-4-3-12(16)9-14(13)19;/h3-4,9,17H,5-8,10-11H2,1-2H3;1H. The molecule has 1 atom stereocenters. The highest BCUT2D eigenvalue weighted by molar-refractivity contribution is 6.31. The Hall–Kier alpha value is -0.640. The van der Waals surface area contributed by atoms with Crippen molar-refractivity contribution >= 4 is 35.4 Å². The fourth-order valence-electron chi connectivity index (χ4n) is 3.21. The summed E-state index contributed by atoms with van der Waals surface area (Å²) in [7, 11) is 2.16. The Labute approximate surface area is 132 Å². The summed E-state index contributed by atoms with van der Waals surface area (Å²) in [6.45, 7) is 7.93. The number of halogens is 2. The van der Waals surface area contributed by atoms with Gasteiger partial charge in [-0.05, 0) is 36.6 Å². The van der Waals surface area contributed by atoms with Gasteiger partial charge in [-0.25, -0.2) is 0 Å². The Balaban J connectivity index is 0.00000147. The van der Waals surface area contributed by atoms with E-state index >= 15 is 0 Å². The van der Waals surface area contributed by atoms with Crippen molar-refractivity contribution in [3.63, 3.8) is 0 Å². The highest BCUT2D eigenvalue weighted by Crippen LogP contribution is 2.37. The van der Waals surface area contributed by atoms with E-state index in [9.17, 15) is 0 Å². The van der Waals surface area contributed by atoms with Gasteiger partial charge in [-0.2, -0.15) is 0 Å². The van der Waals surface area contributed by atoms with Crippen LogP contribution in [0.5, 0.6) is 0 Å². The van der Waals surface area contributed by atoms with Gasteiger partial charge in [-0.1, -0.05) is 18.5 Å². The Kier molecular flexibility index (Phi) is 4.73. The zero-order valence-electron chi connectivity index (χ0n) is 12.2. The lowest BCUT2D eigenvalue weighted by molar-refractivity contribution is 0.364. The second-order valence-electron chi connectivity index (χ2n) is 6.21. The molecule has 20 heavy (non-hydrogen) atoms.